The Bertz CT molecular complexity index is 2760. The Balaban J connectivity index is 1.55. The fourth-order valence-corrected chi connectivity index (χ4v) is 8.90. The zero-order valence-electron chi connectivity index (χ0n) is 33.0. The number of allylic oxidation sites excluding steroid dienone is 2. The largest absolute Gasteiger partial charge is 0.341 e. The summed E-state index contributed by atoms with van der Waals surface area (Å²) in [6, 6.07) is 50.2. The number of nitrogens with zero attached hydrogens (tertiary/aromatic N) is 2. The highest BCUT2D eigenvalue weighted by atomic mass is 15.1. The topological polar surface area (TPSA) is 8.17 Å². The molecule has 54 heavy (non-hydrogen) atoms. The van der Waals surface area contributed by atoms with Gasteiger partial charge < -0.3 is 9.47 Å². The molecule has 0 spiro atoms. The average molecular weight is 703 g/mol. The lowest BCUT2D eigenvalue weighted by Crippen LogP contribution is -2.21. The molecule has 0 saturated carbocycles. The van der Waals surface area contributed by atoms with Gasteiger partial charge >= 0.3 is 0 Å². The van der Waals surface area contributed by atoms with Gasteiger partial charge in [-0.15, -0.1) is 0 Å². The number of rotatable bonds is 3. The van der Waals surface area contributed by atoms with Crippen LogP contribution in [0, 0.1) is 0 Å². The summed E-state index contributed by atoms with van der Waals surface area (Å²) in [6.45, 7) is 19.6. The summed E-state index contributed by atoms with van der Waals surface area (Å²) in [5.41, 5.74) is 12.8. The summed E-state index contributed by atoms with van der Waals surface area (Å²) in [5.74, 6) is 0.188. The first-order valence-corrected chi connectivity index (χ1v) is 19.6. The first-order chi connectivity index (χ1) is 25.9. The van der Waals surface area contributed by atoms with Crippen LogP contribution >= 0.6 is 0 Å². The molecule has 0 N–H and O–H groups in total. The Kier molecular flexibility index (Phi) is 7.91. The smallest absolute Gasteiger partial charge is 0.0620 e. The first-order valence-electron chi connectivity index (χ1n) is 19.6. The molecule has 1 atom stereocenters. The maximum atomic E-state index is 2.57. The lowest BCUT2D eigenvalue weighted by Gasteiger charge is -2.28. The predicted octanol–water partition coefficient (Wildman–Crippen LogP) is 14.4. The third-order valence-corrected chi connectivity index (χ3v) is 11.8. The van der Waals surface area contributed by atoms with Crippen molar-refractivity contribution in [2.45, 2.75) is 78.7 Å². The van der Waals surface area contributed by atoms with Gasteiger partial charge in [0.25, 0.3) is 0 Å². The van der Waals surface area contributed by atoms with Crippen LogP contribution in [-0.4, -0.2) is 4.57 Å². The van der Waals surface area contributed by atoms with E-state index < -0.39 is 0 Å². The summed E-state index contributed by atoms with van der Waals surface area (Å²) in [5, 5.41) is 9.24. The van der Waals surface area contributed by atoms with Gasteiger partial charge in [-0.1, -0.05) is 146 Å². The van der Waals surface area contributed by atoms with Crippen LogP contribution in [0.4, 0.5) is 5.69 Å². The molecule has 0 fully saturated rings. The molecule has 0 amide bonds. The van der Waals surface area contributed by atoms with E-state index in [0.29, 0.717) is 0 Å². The van der Waals surface area contributed by atoms with Gasteiger partial charge in [0.05, 0.1) is 11.2 Å². The van der Waals surface area contributed by atoms with Crippen LogP contribution in [0.1, 0.15) is 83.6 Å². The summed E-state index contributed by atoms with van der Waals surface area (Å²) < 4.78 is 2.57. The van der Waals surface area contributed by atoms with Crippen molar-refractivity contribution in [2.75, 3.05) is 4.90 Å². The van der Waals surface area contributed by atoms with E-state index in [1.54, 1.807) is 0 Å². The molecule has 2 heterocycles. The molecule has 0 saturated heterocycles. The standard InChI is InChI=1S/C52H50N2/c1-33-26-34(2)53(39-20-11-9-12-21-39)32-36-27-37(51(3,4)5)29-44-45-31-47(42-25-17-19-35-18-15-16-24-41(35)42)54(40-22-13-10-14-23-40)50(45)46-30-38(52(6,7)8)28-43(33)49(46)48(36)44/h9-31,33H,32H2,1-8H3/b34-26-. The lowest BCUT2D eigenvalue weighted by atomic mass is 9.79. The molecule has 1 unspecified atom stereocenters. The van der Waals surface area contributed by atoms with E-state index >= 15 is 0 Å². The van der Waals surface area contributed by atoms with Crippen molar-refractivity contribution in [1.82, 2.24) is 4.57 Å². The Morgan fingerprint density at radius 3 is 1.87 bits per heavy atom. The van der Waals surface area contributed by atoms with Crippen molar-refractivity contribution in [3.8, 4) is 16.9 Å². The maximum absolute atomic E-state index is 2.57. The van der Waals surface area contributed by atoms with Gasteiger partial charge in [-0.2, -0.15) is 0 Å². The zero-order chi connectivity index (χ0) is 37.5. The SMILES string of the molecule is C/C1=C/C(C)c2cc(C(C)(C)C)cc3c2c2c(cc(C(C)(C)C)cc2c2cc(-c4cccc5ccccc45)n(-c4ccccc4)c23)CN1c1ccccc1. The van der Waals surface area contributed by atoms with Crippen molar-refractivity contribution in [3.63, 3.8) is 0 Å². The van der Waals surface area contributed by atoms with Gasteiger partial charge in [0.15, 0.2) is 0 Å². The highest BCUT2D eigenvalue weighted by Crippen LogP contribution is 2.49. The second-order valence-electron chi connectivity index (χ2n) is 17.6. The van der Waals surface area contributed by atoms with Crippen LogP contribution in [0.15, 0.2) is 145 Å². The van der Waals surface area contributed by atoms with Crippen LogP contribution in [-0.2, 0) is 17.4 Å². The van der Waals surface area contributed by atoms with Crippen molar-refractivity contribution in [2.24, 2.45) is 0 Å². The average Bonchev–Trinajstić information content (AvgIpc) is 3.58. The number of hydrogen-bond donors (Lipinski definition) is 0. The molecule has 1 aromatic heterocycles. The molecule has 2 nitrogen and oxygen atoms in total. The molecule has 1 aliphatic heterocycles. The first kappa shape index (κ1) is 34.2. The summed E-state index contributed by atoms with van der Waals surface area (Å²) in [4.78, 5) is 2.53. The molecular formula is C52H50N2. The lowest BCUT2D eigenvalue weighted by molar-refractivity contribution is 0.589. The van der Waals surface area contributed by atoms with Gasteiger partial charge in [-0.05, 0) is 109 Å². The number of aromatic nitrogens is 1. The minimum atomic E-state index is -0.0421. The molecule has 9 rings (SSSR count). The maximum Gasteiger partial charge on any atom is 0.0620 e. The molecule has 268 valence electrons. The Morgan fingerprint density at radius 2 is 1.17 bits per heavy atom. The molecule has 0 bridgehead atoms. The fraction of sp³-hybridized carbons (Fsp3) is 0.231. The van der Waals surface area contributed by atoms with Crippen molar-refractivity contribution >= 4 is 48.9 Å². The van der Waals surface area contributed by atoms with E-state index in [0.717, 1.165) is 6.54 Å². The number of benzene rings is 7. The van der Waals surface area contributed by atoms with Crippen molar-refractivity contribution < 1.29 is 0 Å². The molecule has 1 aliphatic rings. The minimum absolute atomic E-state index is 0.0412. The Labute approximate surface area is 320 Å². The van der Waals surface area contributed by atoms with Gasteiger partial charge in [0.1, 0.15) is 0 Å². The third kappa shape index (κ3) is 5.54. The fourth-order valence-electron chi connectivity index (χ4n) is 8.90. The van der Waals surface area contributed by atoms with Crippen LogP contribution < -0.4 is 4.90 Å². The molecule has 2 heteroatoms. The molecule has 0 aliphatic carbocycles. The van der Waals surface area contributed by atoms with Gasteiger partial charge in [0.2, 0.25) is 0 Å². The van der Waals surface area contributed by atoms with Crippen molar-refractivity contribution in [3.05, 3.63) is 167 Å². The van der Waals surface area contributed by atoms with E-state index in [4.69, 9.17) is 0 Å². The monoisotopic (exact) mass is 702 g/mol. The highest BCUT2D eigenvalue weighted by Gasteiger charge is 2.29. The quantitative estimate of drug-likeness (QED) is 0.166. The van der Waals surface area contributed by atoms with Crippen LogP contribution in [0.3, 0.4) is 0 Å². The van der Waals surface area contributed by atoms with E-state index in [9.17, 15) is 0 Å². The summed E-state index contributed by atoms with van der Waals surface area (Å²) in [7, 11) is 0. The Morgan fingerprint density at radius 1 is 0.556 bits per heavy atom. The number of fused-ring (bicyclic) bond motifs is 4. The normalized spacial score (nSPS) is 16.2. The number of hydrogen-bond acceptors (Lipinski definition) is 1. The summed E-state index contributed by atoms with van der Waals surface area (Å²) in [6.07, 6.45) is 2.50. The van der Waals surface area contributed by atoms with Crippen LogP contribution in [0.2, 0.25) is 0 Å². The van der Waals surface area contributed by atoms with Gasteiger partial charge in [0, 0.05) is 45.9 Å². The molecule has 7 aromatic carbocycles. The molecule has 8 aromatic rings. The van der Waals surface area contributed by atoms with E-state index in [2.05, 4.69) is 204 Å². The second-order valence-corrected chi connectivity index (χ2v) is 17.6. The van der Waals surface area contributed by atoms with E-state index in [-0.39, 0.29) is 16.7 Å². The van der Waals surface area contributed by atoms with Gasteiger partial charge in [-0.3, -0.25) is 0 Å². The number of anilines is 1. The number of para-hydroxylation sites is 2. The second kappa shape index (κ2) is 12.5. The Hall–Kier alpha value is -5.60. The van der Waals surface area contributed by atoms with Crippen LogP contribution in [0.5, 0.6) is 0 Å². The summed E-state index contributed by atoms with van der Waals surface area (Å²) >= 11 is 0. The highest BCUT2D eigenvalue weighted by molar-refractivity contribution is 6.28. The van der Waals surface area contributed by atoms with E-state index in [1.807, 2.05) is 0 Å². The predicted molar refractivity (Wildman–Crippen MR) is 233 cm³/mol. The minimum Gasteiger partial charge on any atom is -0.341 e. The molecule has 0 radical (unpaired) electrons. The van der Waals surface area contributed by atoms with Crippen molar-refractivity contribution in [1.29, 1.82) is 0 Å². The van der Waals surface area contributed by atoms with Gasteiger partial charge in [-0.25, -0.2) is 0 Å². The zero-order valence-corrected chi connectivity index (χ0v) is 33.0. The van der Waals surface area contributed by atoms with Crippen LogP contribution in [0.25, 0.3) is 60.2 Å². The molecular weight excluding hydrogens is 653 g/mol. The van der Waals surface area contributed by atoms with E-state index in [1.165, 1.54) is 93.8 Å². The third-order valence-electron chi connectivity index (χ3n) is 11.8.